The minimum absolute atomic E-state index is 0.0603. The molecule has 1 fully saturated rings. The maximum Gasteiger partial charge on any atom is 0.404 e. The van der Waals surface area contributed by atoms with Crippen molar-refractivity contribution in [3.05, 3.63) is 40.6 Å². The van der Waals surface area contributed by atoms with E-state index in [9.17, 15) is 19.1 Å². The maximum atomic E-state index is 13.7. The van der Waals surface area contributed by atoms with Crippen LogP contribution < -0.4 is 21.3 Å². The molecule has 1 aliphatic rings. The number of carbonyl (C=O) groups is 2. The molecule has 36 heavy (non-hydrogen) atoms. The Kier molecular flexibility index (Phi) is 8.26. The van der Waals surface area contributed by atoms with Crippen LogP contribution in [-0.2, 0) is 4.43 Å². The third kappa shape index (κ3) is 6.31. The molecule has 0 bridgehead atoms. The number of nitrogens with zero attached hydrogens (tertiary/aromatic N) is 3. The standard InChI is InChI=1S/C23H32BrFN6O4Si/c1-23(2,3)36(4,5)35-18-12-31(9-7-15(18)29-22(33)34)17-6-8-27-11-16(17)28-21(32)19-14(26)10-13(25)20(24)30-19/h6,8,10-11,15,18,29H,7,9,12,26H2,1-5H3,(H,28,32)(H,33,34). The van der Waals surface area contributed by atoms with Crippen molar-refractivity contribution in [2.75, 3.05) is 29.0 Å². The number of carboxylic acid groups (broad SMARTS) is 1. The van der Waals surface area contributed by atoms with Crippen molar-refractivity contribution in [2.24, 2.45) is 0 Å². The van der Waals surface area contributed by atoms with Crippen molar-refractivity contribution >= 4 is 53.3 Å². The molecule has 13 heteroatoms. The number of nitrogens with two attached hydrogens (primary N) is 1. The van der Waals surface area contributed by atoms with Gasteiger partial charge in [-0.05, 0) is 46.5 Å². The first-order chi connectivity index (χ1) is 16.7. The van der Waals surface area contributed by atoms with E-state index in [-0.39, 0.29) is 27.1 Å². The molecule has 3 rings (SSSR count). The van der Waals surface area contributed by atoms with Crippen LogP contribution in [0.4, 0.5) is 26.2 Å². The zero-order valence-electron chi connectivity index (χ0n) is 20.9. The van der Waals surface area contributed by atoms with Crippen LogP contribution >= 0.6 is 15.9 Å². The van der Waals surface area contributed by atoms with Gasteiger partial charge in [-0.25, -0.2) is 14.2 Å². The molecule has 3 heterocycles. The van der Waals surface area contributed by atoms with Crippen molar-refractivity contribution in [1.29, 1.82) is 0 Å². The molecule has 0 aromatic carbocycles. The lowest BCUT2D eigenvalue weighted by Gasteiger charge is -2.46. The van der Waals surface area contributed by atoms with Gasteiger partial charge in [0.15, 0.2) is 19.8 Å². The number of nitrogen functional groups attached to an aromatic ring is 1. The average Bonchev–Trinajstić information content (AvgIpc) is 2.76. The second kappa shape index (κ2) is 10.7. The van der Waals surface area contributed by atoms with E-state index in [2.05, 4.69) is 70.4 Å². The summed E-state index contributed by atoms with van der Waals surface area (Å²) in [5.41, 5.74) is 6.70. The predicted molar refractivity (Wildman–Crippen MR) is 142 cm³/mol. The quantitative estimate of drug-likeness (QED) is 0.289. The summed E-state index contributed by atoms with van der Waals surface area (Å²) in [6.07, 6.45) is 2.15. The molecule has 5 N–H and O–H groups in total. The minimum atomic E-state index is -2.21. The van der Waals surface area contributed by atoms with Gasteiger partial charge >= 0.3 is 6.09 Å². The number of carbonyl (C=O) groups excluding carboxylic acids is 1. The highest BCUT2D eigenvalue weighted by Gasteiger charge is 2.43. The number of halogens is 2. The molecule has 196 valence electrons. The van der Waals surface area contributed by atoms with Crippen molar-refractivity contribution in [1.82, 2.24) is 15.3 Å². The Balaban J connectivity index is 1.87. The Morgan fingerprint density at radius 1 is 1.36 bits per heavy atom. The molecular weight excluding hydrogens is 551 g/mol. The fourth-order valence-electron chi connectivity index (χ4n) is 3.74. The van der Waals surface area contributed by atoms with E-state index in [1.807, 2.05) is 4.90 Å². The third-order valence-corrected chi connectivity index (χ3v) is 11.7. The summed E-state index contributed by atoms with van der Waals surface area (Å²) in [6.45, 7) is 11.6. The van der Waals surface area contributed by atoms with Crippen LogP contribution in [-0.4, -0.2) is 60.6 Å². The normalized spacial score (nSPS) is 18.6. The number of anilines is 3. The summed E-state index contributed by atoms with van der Waals surface area (Å²) in [7, 11) is -2.21. The maximum absolute atomic E-state index is 13.7. The largest absolute Gasteiger partial charge is 0.465 e. The zero-order chi connectivity index (χ0) is 26.8. The van der Waals surface area contributed by atoms with E-state index < -0.39 is 32.2 Å². The summed E-state index contributed by atoms with van der Waals surface area (Å²) in [4.78, 5) is 34.5. The first kappa shape index (κ1) is 27.8. The first-order valence-electron chi connectivity index (χ1n) is 11.5. The smallest absolute Gasteiger partial charge is 0.404 e. The molecule has 10 nitrogen and oxygen atoms in total. The summed E-state index contributed by atoms with van der Waals surface area (Å²) >= 11 is 2.98. The van der Waals surface area contributed by atoms with Gasteiger partial charge in [0.1, 0.15) is 4.60 Å². The van der Waals surface area contributed by atoms with Gasteiger partial charge in [0.25, 0.3) is 5.91 Å². The fraction of sp³-hybridized carbons (Fsp3) is 0.478. The number of amides is 2. The van der Waals surface area contributed by atoms with E-state index in [1.165, 1.54) is 6.20 Å². The van der Waals surface area contributed by atoms with Crippen LogP contribution in [0.15, 0.2) is 29.1 Å². The van der Waals surface area contributed by atoms with Crippen LogP contribution in [0.5, 0.6) is 0 Å². The van der Waals surface area contributed by atoms with Gasteiger partial charge in [0, 0.05) is 25.4 Å². The van der Waals surface area contributed by atoms with Crippen LogP contribution in [0.3, 0.4) is 0 Å². The molecule has 2 unspecified atom stereocenters. The van der Waals surface area contributed by atoms with Gasteiger partial charge in [-0.1, -0.05) is 20.8 Å². The second-order valence-electron chi connectivity index (χ2n) is 10.3. The molecule has 0 aliphatic carbocycles. The lowest BCUT2D eigenvalue weighted by molar-refractivity contribution is 0.102. The number of nitrogens with one attached hydrogen (secondary N) is 2. The number of rotatable bonds is 6. The average molecular weight is 584 g/mol. The molecule has 2 aromatic heterocycles. The fourth-order valence-corrected chi connectivity index (χ4v) is 5.38. The van der Waals surface area contributed by atoms with Crippen molar-refractivity contribution in [2.45, 2.75) is 57.5 Å². The van der Waals surface area contributed by atoms with E-state index >= 15 is 0 Å². The van der Waals surface area contributed by atoms with Gasteiger partial charge in [0.05, 0.1) is 35.4 Å². The minimum Gasteiger partial charge on any atom is -0.465 e. The van der Waals surface area contributed by atoms with Gasteiger partial charge in [-0.15, -0.1) is 0 Å². The van der Waals surface area contributed by atoms with Crippen LogP contribution in [0.2, 0.25) is 18.1 Å². The van der Waals surface area contributed by atoms with Crippen LogP contribution in [0.1, 0.15) is 37.7 Å². The topological polar surface area (TPSA) is 143 Å². The van der Waals surface area contributed by atoms with Crippen LogP contribution in [0, 0.1) is 5.82 Å². The summed E-state index contributed by atoms with van der Waals surface area (Å²) in [6, 6.07) is 2.42. The zero-order valence-corrected chi connectivity index (χ0v) is 23.5. The highest BCUT2D eigenvalue weighted by molar-refractivity contribution is 9.10. The number of aromatic nitrogens is 2. The van der Waals surface area contributed by atoms with Gasteiger partial charge in [-0.2, -0.15) is 0 Å². The Hall–Kier alpha value is -2.77. The Bertz CT molecular complexity index is 1150. The second-order valence-corrected chi connectivity index (χ2v) is 15.8. The van der Waals surface area contributed by atoms with Gasteiger partial charge in [0.2, 0.25) is 0 Å². The summed E-state index contributed by atoms with van der Waals surface area (Å²) < 4.78 is 20.2. The Morgan fingerprint density at radius 2 is 2.06 bits per heavy atom. The lowest BCUT2D eigenvalue weighted by Crippen LogP contribution is -2.59. The highest BCUT2D eigenvalue weighted by atomic mass is 79.9. The monoisotopic (exact) mass is 582 g/mol. The molecule has 0 spiro atoms. The van der Waals surface area contributed by atoms with E-state index in [0.717, 1.165) is 6.07 Å². The molecule has 2 aromatic rings. The molecule has 2 amide bonds. The van der Waals surface area contributed by atoms with E-state index in [4.69, 9.17) is 10.2 Å². The molecule has 1 aliphatic heterocycles. The van der Waals surface area contributed by atoms with E-state index in [1.54, 1.807) is 12.3 Å². The number of piperidine rings is 1. The van der Waals surface area contributed by atoms with Crippen molar-refractivity contribution < 1.29 is 23.5 Å². The Morgan fingerprint density at radius 3 is 2.69 bits per heavy atom. The van der Waals surface area contributed by atoms with Gasteiger partial charge < -0.3 is 30.8 Å². The van der Waals surface area contributed by atoms with Crippen molar-refractivity contribution in [3.63, 3.8) is 0 Å². The highest BCUT2D eigenvalue weighted by Crippen LogP contribution is 2.39. The van der Waals surface area contributed by atoms with E-state index in [0.29, 0.717) is 30.9 Å². The Labute approximate surface area is 219 Å². The molecule has 0 radical (unpaired) electrons. The van der Waals surface area contributed by atoms with Crippen molar-refractivity contribution in [3.8, 4) is 0 Å². The van der Waals surface area contributed by atoms with Gasteiger partial charge in [-0.3, -0.25) is 9.78 Å². The number of pyridine rings is 2. The first-order valence-corrected chi connectivity index (χ1v) is 15.2. The molecular formula is C23H32BrFN6O4Si. The number of hydrogen-bond acceptors (Lipinski definition) is 7. The number of hydrogen-bond donors (Lipinski definition) is 4. The third-order valence-electron chi connectivity index (χ3n) is 6.68. The molecule has 2 atom stereocenters. The predicted octanol–water partition coefficient (Wildman–Crippen LogP) is 4.45. The summed E-state index contributed by atoms with van der Waals surface area (Å²) in [5.74, 6) is -1.28. The summed E-state index contributed by atoms with van der Waals surface area (Å²) in [5, 5.41) is 14.7. The molecule has 1 saturated heterocycles. The molecule has 0 saturated carbocycles. The van der Waals surface area contributed by atoms with Crippen LogP contribution in [0.25, 0.3) is 0 Å². The lowest BCUT2D eigenvalue weighted by atomic mass is 10.0. The SMILES string of the molecule is CC(C)(C)[Si](C)(C)OC1CN(c2ccncc2NC(=O)c2nc(Br)c(F)cc2N)CCC1NC(=O)O.